The third-order valence-electron chi connectivity index (χ3n) is 6.96. The van der Waals surface area contributed by atoms with Gasteiger partial charge in [-0.05, 0) is 32.0 Å². The molecule has 0 saturated carbocycles. The first kappa shape index (κ1) is 23.5. The lowest BCUT2D eigenvalue weighted by Gasteiger charge is -2.31. The molecule has 1 fully saturated rings. The minimum atomic E-state index is -3.12. The van der Waals surface area contributed by atoms with E-state index in [1.54, 1.807) is 49.0 Å². The number of sulfone groups is 1. The Bertz CT molecular complexity index is 1670. The van der Waals surface area contributed by atoms with Crippen LogP contribution in [0.15, 0.2) is 42.6 Å². The summed E-state index contributed by atoms with van der Waals surface area (Å²) < 4.78 is 40.2. The molecule has 3 aromatic heterocycles. The molecule has 12 heteroatoms. The maximum atomic E-state index is 14.4. The van der Waals surface area contributed by atoms with Crippen LogP contribution in [0.1, 0.15) is 25.0 Å². The van der Waals surface area contributed by atoms with Crippen LogP contribution in [0.3, 0.4) is 0 Å². The van der Waals surface area contributed by atoms with Crippen molar-refractivity contribution < 1.29 is 17.6 Å². The van der Waals surface area contributed by atoms with Gasteiger partial charge in [0.1, 0.15) is 23.1 Å². The number of nitrogens with one attached hydrogen (secondary N) is 1. The fourth-order valence-corrected chi connectivity index (χ4v) is 6.03. The predicted octanol–water partition coefficient (Wildman–Crippen LogP) is 2.54. The molecular weight excluding hydrogens is 497 g/mol. The zero-order chi connectivity index (χ0) is 25.9. The minimum absolute atomic E-state index is 0.00697. The summed E-state index contributed by atoms with van der Waals surface area (Å²) in [5.74, 6) is 0.620. The van der Waals surface area contributed by atoms with Gasteiger partial charge in [-0.2, -0.15) is 5.10 Å². The van der Waals surface area contributed by atoms with Crippen molar-refractivity contribution in [1.82, 2.24) is 24.7 Å². The number of carbonyl (C=O) groups is 1. The van der Waals surface area contributed by atoms with Crippen molar-refractivity contribution in [2.75, 3.05) is 34.8 Å². The minimum Gasteiger partial charge on any atom is -0.354 e. The Balaban J connectivity index is 1.51. The molecule has 6 rings (SSSR count). The number of pyridine rings is 1. The number of halogens is 1. The molecule has 5 heterocycles. The summed E-state index contributed by atoms with van der Waals surface area (Å²) in [5.41, 5.74) is 1.18. The van der Waals surface area contributed by atoms with Gasteiger partial charge in [-0.3, -0.25) is 4.79 Å². The lowest BCUT2D eigenvalue weighted by molar-refractivity contribution is -0.119. The first-order valence-electron chi connectivity index (χ1n) is 11.9. The highest BCUT2D eigenvalue weighted by Crippen LogP contribution is 2.43. The second-order valence-electron chi connectivity index (χ2n) is 9.78. The zero-order valence-electron chi connectivity index (χ0n) is 20.3. The van der Waals surface area contributed by atoms with Crippen molar-refractivity contribution in [3.05, 3.63) is 59.5 Å². The Labute approximate surface area is 212 Å². The molecule has 1 amide bonds. The summed E-state index contributed by atoms with van der Waals surface area (Å²) in [4.78, 5) is 28.7. The zero-order valence-corrected chi connectivity index (χ0v) is 21.1. The Morgan fingerprint density at radius 2 is 1.84 bits per heavy atom. The lowest BCUT2D eigenvalue weighted by Crippen LogP contribution is -2.42. The molecule has 2 aliphatic rings. The number of aromatic nitrogens is 5. The van der Waals surface area contributed by atoms with E-state index in [-0.39, 0.29) is 48.7 Å². The standard InChI is InChI=1S/C25H24FN7O3S/c1-25(2)18-20(30-24(25)34)28-21(29-23(18)32-10-12-37(35,36)13-11-32)19-16-7-5-9-27-22(16)33(31-19)14-15-6-3-4-8-17(15)26/h3-9H,10-14H2,1-2H3,(H,28,29,30,34). The van der Waals surface area contributed by atoms with E-state index in [4.69, 9.17) is 10.1 Å². The number of carbonyl (C=O) groups excluding carboxylic acids is 1. The van der Waals surface area contributed by atoms with E-state index in [1.807, 2.05) is 11.0 Å². The summed E-state index contributed by atoms with van der Waals surface area (Å²) in [6.07, 6.45) is 1.64. The van der Waals surface area contributed by atoms with Gasteiger partial charge in [0, 0.05) is 24.8 Å². The molecule has 2 aliphatic heterocycles. The van der Waals surface area contributed by atoms with Gasteiger partial charge in [-0.25, -0.2) is 32.4 Å². The quantitative estimate of drug-likeness (QED) is 0.435. The summed E-state index contributed by atoms with van der Waals surface area (Å²) in [6.45, 7) is 4.28. The molecule has 0 radical (unpaired) electrons. The highest BCUT2D eigenvalue weighted by Gasteiger charge is 2.44. The molecule has 1 aromatic carbocycles. The summed E-state index contributed by atoms with van der Waals surface area (Å²) in [7, 11) is -3.12. The molecule has 0 atom stereocenters. The van der Waals surface area contributed by atoms with Gasteiger partial charge in [0.05, 0.1) is 34.4 Å². The van der Waals surface area contributed by atoms with Gasteiger partial charge in [0.15, 0.2) is 21.3 Å². The molecule has 4 aromatic rings. The van der Waals surface area contributed by atoms with Crippen molar-refractivity contribution >= 4 is 38.4 Å². The number of nitrogens with zero attached hydrogens (tertiary/aromatic N) is 6. The van der Waals surface area contributed by atoms with Crippen molar-refractivity contribution in [3.8, 4) is 11.5 Å². The second kappa shape index (κ2) is 8.30. The Kier molecular flexibility index (Phi) is 5.26. The van der Waals surface area contributed by atoms with Crippen LogP contribution < -0.4 is 10.2 Å². The fraction of sp³-hybridized carbons (Fsp3) is 0.320. The van der Waals surface area contributed by atoms with Crippen LogP contribution in [-0.2, 0) is 26.6 Å². The van der Waals surface area contributed by atoms with Crippen LogP contribution in [-0.4, -0.2) is 63.7 Å². The molecule has 0 aliphatic carbocycles. The Hall–Kier alpha value is -3.93. The van der Waals surface area contributed by atoms with E-state index in [0.717, 1.165) is 0 Å². The summed E-state index contributed by atoms with van der Waals surface area (Å²) in [6, 6.07) is 10.1. The number of hydrogen-bond acceptors (Lipinski definition) is 8. The molecule has 0 bridgehead atoms. The Morgan fingerprint density at radius 1 is 1.08 bits per heavy atom. The monoisotopic (exact) mass is 521 g/mol. The van der Waals surface area contributed by atoms with Gasteiger partial charge < -0.3 is 10.2 Å². The average Bonchev–Trinajstić information content (AvgIpc) is 3.34. The van der Waals surface area contributed by atoms with Crippen LogP contribution in [0.2, 0.25) is 0 Å². The molecule has 10 nitrogen and oxygen atoms in total. The first-order chi connectivity index (χ1) is 17.6. The SMILES string of the molecule is CC1(C)C(=O)Nc2nc(-c3nn(Cc4ccccc4F)c4ncccc34)nc(N3CCS(=O)(=O)CC3)c21. The topological polar surface area (TPSA) is 123 Å². The van der Waals surface area contributed by atoms with Gasteiger partial charge >= 0.3 is 0 Å². The van der Waals surface area contributed by atoms with Crippen LogP contribution >= 0.6 is 0 Å². The van der Waals surface area contributed by atoms with Crippen LogP contribution in [0.25, 0.3) is 22.6 Å². The smallest absolute Gasteiger partial charge is 0.235 e. The third-order valence-corrected chi connectivity index (χ3v) is 8.56. The maximum absolute atomic E-state index is 14.4. The van der Waals surface area contributed by atoms with Gasteiger partial charge in [0.2, 0.25) is 5.91 Å². The molecular formula is C25H24FN7O3S. The molecule has 0 unspecified atom stereocenters. The molecule has 1 N–H and O–H groups in total. The number of benzene rings is 1. The average molecular weight is 522 g/mol. The Morgan fingerprint density at radius 3 is 2.59 bits per heavy atom. The lowest BCUT2D eigenvalue weighted by atomic mass is 9.87. The third kappa shape index (κ3) is 3.91. The summed E-state index contributed by atoms with van der Waals surface area (Å²) in [5, 5.41) is 8.26. The number of anilines is 2. The molecule has 37 heavy (non-hydrogen) atoms. The van der Waals surface area contributed by atoms with Crippen molar-refractivity contribution in [3.63, 3.8) is 0 Å². The number of rotatable bonds is 4. The van der Waals surface area contributed by atoms with Gasteiger partial charge in [0.25, 0.3) is 0 Å². The maximum Gasteiger partial charge on any atom is 0.235 e. The highest BCUT2D eigenvalue weighted by atomic mass is 32.2. The normalized spacial score (nSPS) is 18.1. The fourth-order valence-electron chi connectivity index (χ4n) is 4.82. The molecule has 0 spiro atoms. The van der Waals surface area contributed by atoms with E-state index in [2.05, 4.69) is 15.3 Å². The van der Waals surface area contributed by atoms with E-state index in [9.17, 15) is 17.6 Å². The van der Waals surface area contributed by atoms with Gasteiger partial charge in [-0.1, -0.05) is 18.2 Å². The molecule has 1 saturated heterocycles. The number of hydrogen-bond donors (Lipinski definition) is 1. The van der Waals surface area contributed by atoms with Crippen molar-refractivity contribution in [1.29, 1.82) is 0 Å². The van der Waals surface area contributed by atoms with Gasteiger partial charge in [-0.15, -0.1) is 0 Å². The number of fused-ring (bicyclic) bond motifs is 2. The van der Waals surface area contributed by atoms with Crippen molar-refractivity contribution in [2.24, 2.45) is 0 Å². The van der Waals surface area contributed by atoms with Crippen molar-refractivity contribution in [2.45, 2.75) is 25.8 Å². The van der Waals surface area contributed by atoms with E-state index < -0.39 is 15.3 Å². The first-order valence-corrected chi connectivity index (χ1v) is 13.7. The van der Waals surface area contributed by atoms with Crippen LogP contribution in [0, 0.1) is 5.82 Å². The molecule has 190 valence electrons. The van der Waals surface area contributed by atoms with E-state index >= 15 is 0 Å². The summed E-state index contributed by atoms with van der Waals surface area (Å²) >= 11 is 0. The number of amides is 1. The second-order valence-corrected chi connectivity index (χ2v) is 12.1. The van der Waals surface area contributed by atoms with E-state index in [0.29, 0.717) is 39.5 Å². The predicted molar refractivity (Wildman–Crippen MR) is 137 cm³/mol. The largest absolute Gasteiger partial charge is 0.354 e. The van der Waals surface area contributed by atoms with E-state index in [1.165, 1.54) is 6.07 Å². The van der Waals surface area contributed by atoms with Crippen LogP contribution in [0.5, 0.6) is 0 Å². The highest BCUT2D eigenvalue weighted by molar-refractivity contribution is 7.91. The van der Waals surface area contributed by atoms with Crippen LogP contribution in [0.4, 0.5) is 16.0 Å².